The van der Waals surface area contributed by atoms with Gasteiger partial charge in [-0.3, -0.25) is 0 Å². The van der Waals surface area contributed by atoms with Crippen LogP contribution in [0, 0.1) is 6.92 Å². The summed E-state index contributed by atoms with van der Waals surface area (Å²) in [7, 11) is 1.88. The molecule has 0 aliphatic rings. The highest BCUT2D eigenvalue weighted by Crippen LogP contribution is 2.29. The van der Waals surface area contributed by atoms with Crippen molar-refractivity contribution in [3.63, 3.8) is 0 Å². The largest absolute Gasteiger partial charge is 0.396 e. The van der Waals surface area contributed by atoms with Crippen molar-refractivity contribution in [2.24, 2.45) is 0 Å². The van der Waals surface area contributed by atoms with Crippen molar-refractivity contribution in [1.29, 1.82) is 0 Å². The molecule has 0 amide bonds. The topological polar surface area (TPSA) is 58.0 Å². The van der Waals surface area contributed by atoms with E-state index in [4.69, 9.17) is 5.11 Å². The second kappa shape index (κ2) is 6.81. The van der Waals surface area contributed by atoms with Gasteiger partial charge < -0.3 is 10.4 Å². The lowest BCUT2D eigenvalue weighted by atomic mass is 10.3. The smallest absolute Gasteiger partial charge is 0.133 e. The minimum absolute atomic E-state index is 0.220. The van der Waals surface area contributed by atoms with Crippen LogP contribution in [0.4, 0.5) is 5.82 Å². The number of aliphatic hydroxyl groups excluding tert-OH is 1. The predicted octanol–water partition coefficient (Wildman–Crippen LogP) is 2.25. The number of hydrogen-bond acceptors (Lipinski definition) is 5. The van der Waals surface area contributed by atoms with Gasteiger partial charge >= 0.3 is 0 Å². The molecule has 0 fully saturated rings. The van der Waals surface area contributed by atoms with Crippen molar-refractivity contribution in [1.82, 2.24) is 9.97 Å². The first-order valence-corrected chi connectivity index (χ1v) is 6.83. The van der Waals surface area contributed by atoms with Crippen LogP contribution in [0.5, 0.6) is 0 Å². The molecule has 96 valence electrons. The van der Waals surface area contributed by atoms with Crippen molar-refractivity contribution < 1.29 is 5.11 Å². The third-order valence-electron chi connectivity index (χ3n) is 2.55. The lowest BCUT2D eigenvalue weighted by Crippen LogP contribution is -2.07. The van der Waals surface area contributed by atoms with Crippen molar-refractivity contribution in [2.45, 2.75) is 43.9 Å². The van der Waals surface area contributed by atoms with Gasteiger partial charge in [-0.1, -0.05) is 13.8 Å². The van der Waals surface area contributed by atoms with Crippen LogP contribution in [0.2, 0.25) is 0 Å². The zero-order valence-corrected chi connectivity index (χ0v) is 11.8. The molecule has 0 aliphatic carbocycles. The Kier molecular flexibility index (Phi) is 5.71. The monoisotopic (exact) mass is 255 g/mol. The van der Waals surface area contributed by atoms with E-state index >= 15 is 0 Å². The summed E-state index contributed by atoms with van der Waals surface area (Å²) in [6.45, 7) is 6.40. The molecule has 5 heteroatoms. The van der Waals surface area contributed by atoms with E-state index < -0.39 is 0 Å². The molecular formula is C12H21N3OS. The first-order chi connectivity index (χ1) is 8.12. The van der Waals surface area contributed by atoms with Gasteiger partial charge in [0.2, 0.25) is 0 Å². The molecule has 2 N–H and O–H groups in total. The van der Waals surface area contributed by atoms with Crippen LogP contribution >= 0.6 is 11.8 Å². The molecule has 1 atom stereocenters. The van der Waals surface area contributed by atoms with Gasteiger partial charge in [0.1, 0.15) is 16.7 Å². The maximum Gasteiger partial charge on any atom is 0.133 e. The summed E-state index contributed by atoms with van der Waals surface area (Å²) in [5.41, 5.74) is 1.08. The SMILES string of the molecule is CCc1nc(NC)c(C)c(SC(C)CCO)n1. The van der Waals surface area contributed by atoms with E-state index in [0.29, 0.717) is 5.25 Å². The highest BCUT2D eigenvalue weighted by molar-refractivity contribution is 7.99. The van der Waals surface area contributed by atoms with Crippen LogP contribution < -0.4 is 5.32 Å². The molecule has 1 aromatic rings. The Morgan fingerprint density at radius 2 is 2.12 bits per heavy atom. The Hall–Kier alpha value is -0.810. The minimum Gasteiger partial charge on any atom is -0.396 e. The molecular weight excluding hydrogens is 234 g/mol. The van der Waals surface area contributed by atoms with Gasteiger partial charge in [0, 0.05) is 30.9 Å². The van der Waals surface area contributed by atoms with Crippen molar-refractivity contribution >= 4 is 17.6 Å². The van der Waals surface area contributed by atoms with Crippen LogP contribution in [0.1, 0.15) is 31.7 Å². The van der Waals surface area contributed by atoms with E-state index in [1.54, 1.807) is 11.8 Å². The van der Waals surface area contributed by atoms with Crippen LogP contribution in [0.25, 0.3) is 0 Å². The van der Waals surface area contributed by atoms with Gasteiger partial charge in [-0.2, -0.15) is 0 Å². The van der Waals surface area contributed by atoms with Crippen LogP contribution in [-0.2, 0) is 6.42 Å². The van der Waals surface area contributed by atoms with Gasteiger partial charge in [0.15, 0.2) is 0 Å². The van der Waals surface area contributed by atoms with Gasteiger partial charge in [-0.15, -0.1) is 11.8 Å². The van der Waals surface area contributed by atoms with Crippen LogP contribution in [0.15, 0.2) is 5.03 Å². The highest BCUT2D eigenvalue weighted by atomic mass is 32.2. The molecule has 1 heterocycles. The molecule has 0 aliphatic heterocycles. The zero-order valence-electron chi connectivity index (χ0n) is 10.9. The molecule has 1 rings (SSSR count). The molecule has 1 aromatic heterocycles. The van der Waals surface area contributed by atoms with E-state index in [9.17, 15) is 0 Å². The minimum atomic E-state index is 0.220. The summed E-state index contributed by atoms with van der Waals surface area (Å²) in [5, 5.41) is 13.4. The Morgan fingerprint density at radius 3 is 2.65 bits per heavy atom. The number of thioether (sulfide) groups is 1. The molecule has 1 unspecified atom stereocenters. The van der Waals surface area contributed by atoms with E-state index in [1.165, 1.54) is 0 Å². The van der Waals surface area contributed by atoms with Crippen LogP contribution in [0.3, 0.4) is 0 Å². The third-order valence-corrected chi connectivity index (χ3v) is 3.81. The van der Waals surface area contributed by atoms with E-state index in [2.05, 4.69) is 29.1 Å². The average Bonchev–Trinajstić information content (AvgIpc) is 2.32. The molecule has 4 nitrogen and oxygen atoms in total. The molecule has 0 aromatic carbocycles. The Balaban J connectivity index is 2.96. The molecule has 17 heavy (non-hydrogen) atoms. The number of aryl methyl sites for hydroxylation is 1. The first kappa shape index (κ1) is 14.3. The first-order valence-electron chi connectivity index (χ1n) is 5.95. The summed E-state index contributed by atoms with van der Waals surface area (Å²) < 4.78 is 0. The number of rotatable bonds is 6. The summed E-state index contributed by atoms with van der Waals surface area (Å²) in [6.07, 6.45) is 1.61. The Morgan fingerprint density at radius 1 is 1.41 bits per heavy atom. The zero-order chi connectivity index (χ0) is 12.8. The maximum atomic E-state index is 8.93. The molecule has 0 saturated heterocycles. The summed E-state index contributed by atoms with van der Waals surface area (Å²) in [5.74, 6) is 1.76. The summed E-state index contributed by atoms with van der Waals surface area (Å²) in [4.78, 5) is 8.99. The average molecular weight is 255 g/mol. The standard InChI is InChI=1S/C12H21N3OS/c1-5-10-14-11(13-4)9(3)12(15-10)17-8(2)6-7-16/h8,16H,5-7H2,1-4H3,(H,13,14,15). The fourth-order valence-electron chi connectivity index (χ4n) is 1.49. The summed E-state index contributed by atoms with van der Waals surface area (Å²) >= 11 is 1.70. The Bertz CT molecular complexity index is 371. The Labute approximate surface area is 107 Å². The van der Waals surface area contributed by atoms with Gasteiger partial charge in [-0.25, -0.2) is 9.97 Å². The lowest BCUT2D eigenvalue weighted by Gasteiger charge is -2.14. The number of nitrogens with zero attached hydrogens (tertiary/aromatic N) is 2. The van der Waals surface area contributed by atoms with Crippen LogP contribution in [-0.4, -0.2) is 34.0 Å². The van der Waals surface area contributed by atoms with Crippen molar-refractivity contribution in [2.75, 3.05) is 19.0 Å². The van der Waals surface area contributed by atoms with E-state index in [-0.39, 0.29) is 6.61 Å². The third kappa shape index (κ3) is 3.85. The number of aromatic nitrogens is 2. The highest BCUT2D eigenvalue weighted by Gasteiger charge is 2.12. The van der Waals surface area contributed by atoms with Crippen molar-refractivity contribution in [3.05, 3.63) is 11.4 Å². The fraction of sp³-hybridized carbons (Fsp3) is 0.667. The fourth-order valence-corrected chi connectivity index (χ4v) is 2.52. The van der Waals surface area contributed by atoms with E-state index in [1.807, 2.05) is 14.0 Å². The molecule has 0 bridgehead atoms. The van der Waals surface area contributed by atoms with Gasteiger partial charge in [0.25, 0.3) is 0 Å². The second-order valence-corrected chi connectivity index (χ2v) is 5.39. The normalized spacial score (nSPS) is 12.5. The number of nitrogens with one attached hydrogen (secondary N) is 1. The number of hydrogen-bond donors (Lipinski definition) is 2. The molecule has 0 saturated carbocycles. The number of anilines is 1. The predicted molar refractivity (Wildman–Crippen MR) is 72.7 cm³/mol. The van der Waals surface area contributed by atoms with E-state index in [0.717, 1.165) is 35.1 Å². The number of aliphatic hydroxyl groups is 1. The van der Waals surface area contributed by atoms with Gasteiger partial charge in [0.05, 0.1) is 0 Å². The molecule has 0 radical (unpaired) electrons. The van der Waals surface area contributed by atoms with Gasteiger partial charge in [-0.05, 0) is 13.3 Å². The lowest BCUT2D eigenvalue weighted by molar-refractivity contribution is 0.289. The van der Waals surface area contributed by atoms with Crippen molar-refractivity contribution in [3.8, 4) is 0 Å². The quantitative estimate of drug-likeness (QED) is 0.603. The molecule has 0 spiro atoms. The second-order valence-electron chi connectivity index (χ2n) is 3.96. The summed E-state index contributed by atoms with van der Waals surface area (Å²) in [6, 6.07) is 0. The maximum absolute atomic E-state index is 8.93.